The van der Waals surface area contributed by atoms with Crippen molar-refractivity contribution >= 4 is 23.6 Å². The third-order valence-electron chi connectivity index (χ3n) is 5.04. The van der Waals surface area contributed by atoms with Crippen LogP contribution in [0.2, 0.25) is 0 Å². The number of benzene rings is 2. The zero-order chi connectivity index (χ0) is 21.3. The Morgan fingerprint density at radius 2 is 1.73 bits per heavy atom. The predicted molar refractivity (Wildman–Crippen MR) is 116 cm³/mol. The van der Waals surface area contributed by atoms with Crippen molar-refractivity contribution in [1.82, 2.24) is 10.2 Å². The quantitative estimate of drug-likeness (QED) is 0.678. The van der Waals surface area contributed by atoms with E-state index in [4.69, 9.17) is 4.74 Å². The summed E-state index contributed by atoms with van der Waals surface area (Å²) < 4.78 is 5.42. The van der Waals surface area contributed by atoms with Gasteiger partial charge in [0.05, 0.1) is 19.4 Å². The Morgan fingerprint density at radius 1 is 1.07 bits per heavy atom. The smallest absolute Gasteiger partial charge is 0.247 e. The first-order valence-corrected chi connectivity index (χ1v) is 9.93. The lowest BCUT2D eigenvalue weighted by atomic mass is 10.2. The van der Waals surface area contributed by atoms with E-state index in [0.29, 0.717) is 26.2 Å². The Kier molecular flexibility index (Phi) is 7.45. The van der Waals surface area contributed by atoms with Crippen LogP contribution in [0.5, 0.6) is 5.75 Å². The maximum absolute atomic E-state index is 12.8. The number of rotatable bonds is 7. The molecule has 3 rings (SSSR count). The Morgan fingerprint density at radius 3 is 2.40 bits per heavy atom. The Hall–Kier alpha value is -3.32. The van der Waals surface area contributed by atoms with E-state index in [2.05, 4.69) is 10.2 Å². The molecule has 1 fully saturated rings. The molecule has 158 valence electrons. The van der Waals surface area contributed by atoms with E-state index in [1.807, 2.05) is 54.6 Å². The van der Waals surface area contributed by atoms with E-state index in [0.717, 1.165) is 17.0 Å². The standard InChI is InChI=1S/C23H27N3O4/c1-30-21-10-6-5-9-20(21)25-13-15-26(16-14-25)23(29)19(17-27)24-22(28)12-11-18-7-3-2-4-8-18/h2-12,19,27H,13-17H2,1H3,(H,24,28). The largest absolute Gasteiger partial charge is 0.495 e. The summed E-state index contributed by atoms with van der Waals surface area (Å²) in [5.74, 6) is 0.0977. The SMILES string of the molecule is COc1ccccc1N1CCN(C(=O)C(CO)NC(=O)C=Cc2ccccc2)CC1. The summed E-state index contributed by atoms with van der Waals surface area (Å²) in [5.41, 5.74) is 1.87. The molecule has 0 aromatic heterocycles. The fraction of sp³-hybridized carbons (Fsp3) is 0.304. The van der Waals surface area contributed by atoms with E-state index in [9.17, 15) is 14.7 Å². The normalized spacial score (nSPS) is 15.1. The number of nitrogens with one attached hydrogen (secondary N) is 1. The fourth-order valence-corrected chi connectivity index (χ4v) is 3.42. The van der Waals surface area contributed by atoms with E-state index in [1.54, 1.807) is 18.1 Å². The molecular formula is C23H27N3O4. The summed E-state index contributed by atoms with van der Waals surface area (Å²) >= 11 is 0. The average molecular weight is 409 g/mol. The van der Waals surface area contributed by atoms with Crippen molar-refractivity contribution < 1.29 is 19.4 Å². The van der Waals surface area contributed by atoms with Crippen LogP contribution in [0.15, 0.2) is 60.7 Å². The summed E-state index contributed by atoms with van der Waals surface area (Å²) in [6.07, 6.45) is 3.03. The number of para-hydroxylation sites is 2. The van der Waals surface area contributed by atoms with Crippen molar-refractivity contribution in [1.29, 1.82) is 0 Å². The highest BCUT2D eigenvalue weighted by Crippen LogP contribution is 2.28. The van der Waals surface area contributed by atoms with Crippen LogP contribution in [0.4, 0.5) is 5.69 Å². The highest BCUT2D eigenvalue weighted by atomic mass is 16.5. The van der Waals surface area contributed by atoms with Gasteiger partial charge in [-0.1, -0.05) is 42.5 Å². The van der Waals surface area contributed by atoms with Crippen LogP contribution in [0.3, 0.4) is 0 Å². The van der Waals surface area contributed by atoms with Crippen molar-refractivity contribution in [2.45, 2.75) is 6.04 Å². The van der Waals surface area contributed by atoms with Gasteiger partial charge in [-0.2, -0.15) is 0 Å². The molecule has 0 saturated carbocycles. The van der Waals surface area contributed by atoms with E-state index in [-0.39, 0.29) is 5.91 Å². The molecular weight excluding hydrogens is 382 g/mol. The molecule has 7 nitrogen and oxygen atoms in total. The number of nitrogens with zero attached hydrogens (tertiary/aromatic N) is 2. The van der Waals surface area contributed by atoms with Crippen LogP contribution in [0.1, 0.15) is 5.56 Å². The summed E-state index contributed by atoms with van der Waals surface area (Å²) in [5, 5.41) is 12.2. The van der Waals surface area contributed by atoms with Crippen molar-refractivity contribution in [2.24, 2.45) is 0 Å². The van der Waals surface area contributed by atoms with Gasteiger partial charge in [0.25, 0.3) is 0 Å². The van der Waals surface area contributed by atoms with Crippen LogP contribution in [0, 0.1) is 0 Å². The number of hydrogen-bond acceptors (Lipinski definition) is 5. The van der Waals surface area contributed by atoms with Gasteiger partial charge in [-0.25, -0.2) is 0 Å². The number of carbonyl (C=O) groups is 2. The summed E-state index contributed by atoms with van der Waals surface area (Å²) in [6, 6.07) is 16.2. The molecule has 30 heavy (non-hydrogen) atoms. The van der Waals surface area contributed by atoms with Gasteiger partial charge >= 0.3 is 0 Å². The van der Waals surface area contributed by atoms with E-state index < -0.39 is 18.6 Å². The second-order valence-corrected chi connectivity index (χ2v) is 6.97. The molecule has 1 unspecified atom stereocenters. The molecule has 2 N–H and O–H groups in total. The molecule has 1 aliphatic rings. The minimum atomic E-state index is -0.962. The molecule has 2 aromatic rings. The zero-order valence-corrected chi connectivity index (χ0v) is 17.0. The lowest BCUT2D eigenvalue weighted by Gasteiger charge is -2.37. The van der Waals surface area contributed by atoms with Crippen molar-refractivity contribution in [3.63, 3.8) is 0 Å². The minimum absolute atomic E-state index is 0.279. The first-order valence-electron chi connectivity index (χ1n) is 9.93. The highest BCUT2D eigenvalue weighted by Gasteiger charge is 2.28. The molecule has 1 aliphatic heterocycles. The van der Waals surface area contributed by atoms with Crippen LogP contribution in [0.25, 0.3) is 6.08 Å². The molecule has 7 heteroatoms. The first kappa shape index (κ1) is 21.4. The second kappa shape index (κ2) is 10.5. The molecule has 1 atom stereocenters. The number of amides is 2. The number of piperazine rings is 1. The number of hydrogen-bond donors (Lipinski definition) is 2. The van der Waals surface area contributed by atoms with Crippen molar-refractivity contribution in [2.75, 3.05) is 44.8 Å². The highest BCUT2D eigenvalue weighted by molar-refractivity contribution is 5.95. The predicted octanol–water partition coefficient (Wildman–Crippen LogP) is 1.53. The van der Waals surface area contributed by atoms with Crippen LogP contribution in [-0.4, -0.2) is 67.8 Å². The molecule has 2 amide bonds. The van der Waals surface area contributed by atoms with E-state index in [1.165, 1.54) is 6.08 Å². The topological polar surface area (TPSA) is 82.1 Å². The number of carbonyl (C=O) groups excluding carboxylic acids is 2. The monoisotopic (exact) mass is 409 g/mol. The van der Waals surface area contributed by atoms with Crippen LogP contribution < -0.4 is 15.0 Å². The van der Waals surface area contributed by atoms with Gasteiger partial charge in [-0.3, -0.25) is 9.59 Å². The first-order chi connectivity index (χ1) is 14.6. The minimum Gasteiger partial charge on any atom is -0.495 e. The number of aliphatic hydroxyl groups excluding tert-OH is 1. The molecule has 2 aromatic carbocycles. The zero-order valence-electron chi connectivity index (χ0n) is 17.0. The van der Waals surface area contributed by atoms with Gasteiger partial charge in [0, 0.05) is 32.3 Å². The number of ether oxygens (including phenoxy) is 1. The average Bonchev–Trinajstić information content (AvgIpc) is 2.81. The summed E-state index contributed by atoms with van der Waals surface area (Å²) in [7, 11) is 1.64. The van der Waals surface area contributed by atoms with Crippen molar-refractivity contribution in [3.8, 4) is 5.75 Å². The van der Waals surface area contributed by atoms with Gasteiger partial charge in [0.1, 0.15) is 11.8 Å². The van der Waals surface area contributed by atoms with Gasteiger partial charge in [-0.15, -0.1) is 0 Å². The third-order valence-corrected chi connectivity index (χ3v) is 5.04. The second-order valence-electron chi connectivity index (χ2n) is 6.97. The maximum Gasteiger partial charge on any atom is 0.247 e. The van der Waals surface area contributed by atoms with Gasteiger partial charge in [-0.05, 0) is 23.8 Å². The lowest BCUT2D eigenvalue weighted by molar-refractivity contribution is -0.137. The Bertz CT molecular complexity index is 877. The summed E-state index contributed by atoms with van der Waals surface area (Å²) in [4.78, 5) is 28.8. The fourth-order valence-electron chi connectivity index (χ4n) is 3.42. The lowest BCUT2D eigenvalue weighted by Crippen LogP contribution is -2.56. The van der Waals surface area contributed by atoms with Gasteiger partial charge in [0.15, 0.2) is 0 Å². The summed E-state index contributed by atoms with van der Waals surface area (Å²) in [6.45, 7) is 1.85. The Balaban J connectivity index is 1.55. The van der Waals surface area contributed by atoms with Gasteiger partial charge in [0.2, 0.25) is 11.8 Å². The van der Waals surface area contributed by atoms with Crippen LogP contribution >= 0.6 is 0 Å². The Labute approximate surface area is 176 Å². The van der Waals surface area contributed by atoms with E-state index >= 15 is 0 Å². The van der Waals surface area contributed by atoms with Crippen molar-refractivity contribution in [3.05, 3.63) is 66.2 Å². The molecule has 1 heterocycles. The molecule has 0 radical (unpaired) electrons. The maximum atomic E-state index is 12.8. The molecule has 1 saturated heterocycles. The molecule has 0 spiro atoms. The number of anilines is 1. The molecule has 0 bridgehead atoms. The third kappa shape index (κ3) is 5.39. The van der Waals surface area contributed by atoms with Gasteiger partial charge < -0.3 is 25.0 Å². The number of aliphatic hydroxyl groups is 1. The number of methoxy groups -OCH3 is 1. The van der Waals surface area contributed by atoms with Crippen LogP contribution in [-0.2, 0) is 9.59 Å². The molecule has 0 aliphatic carbocycles.